The van der Waals surface area contributed by atoms with E-state index >= 15 is 0 Å². The molecule has 0 unspecified atom stereocenters. The predicted octanol–water partition coefficient (Wildman–Crippen LogP) is 2.78. The molecule has 0 radical (unpaired) electrons. The molecule has 0 aliphatic rings. The van der Waals surface area contributed by atoms with Crippen LogP contribution in [-0.4, -0.2) is 20.9 Å². The van der Waals surface area contributed by atoms with Crippen LogP contribution in [0.15, 0.2) is 24.3 Å². The Morgan fingerprint density at radius 3 is 2.45 bits per heavy atom. The third-order valence-electron chi connectivity index (χ3n) is 4.12. The van der Waals surface area contributed by atoms with Crippen molar-refractivity contribution in [2.75, 3.05) is 0 Å². The van der Waals surface area contributed by atoms with Gasteiger partial charge in [0.25, 0.3) is 0 Å². The summed E-state index contributed by atoms with van der Waals surface area (Å²) < 4.78 is 14.8. The van der Waals surface area contributed by atoms with Gasteiger partial charge in [-0.1, -0.05) is 12.1 Å². The summed E-state index contributed by atoms with van der Waals surface area (Å²) in [6, 6.07) is 6.14. The van der Waals surface area contributed by atoms with E-state index in [0.717, 1.165) is 23.5 Å². The Morgan fingerprint density at radius 1 is 1.27 bits per heavy atom. The highest BCUT2D eigenvalue weighted by Crippen LogP contribution is 2.19. The summed E-state index contributed by atoms with van der Waals surface area (Å²) in [5.74, 6) is -0.287. The number of benzene rings is 1. The maximum Gasteiger partial charge on any atom is 0.123 e. The van der Waals surface area contributed by atoms with Crippen molar-refractivity contribution >= 4 is 0 Å². The Kier molecular flexibility index (Phi) is 5.32. The largest absolute Gasteiger partial charge is 0.388 e. The summed E-state index contributed by atoms with van der Waals surface area (Å²) in [6.07, 6.45) is -0.0246. The number of nitrogens with zero attached hydrogens (tertiary/aromatic N) is 2. The molecule has 2 aromatic rings. The van der Waals surface area contributed by atoms with E-state index in [0.29, 0.717) is 6.42 Å². The first kappa shape index (κ1) is 16.6. The lowest BCUT2D eigenvalue weighted by atomic mass is 10.0. The molecule has 1 aromatic carbocycles. The molecule has 0 saturated heterocycles. The van der Waals surface area contributed by atoms with E-state index < -0.39 is 6.10 Å². The number of aliphatic hydroxyl groups excluding tert-OH is 1. The van der Waals surface area contributed by atoms with Gasteiger partial charge in [0.2, 0.25) is 0 Å². The second-order valence-electron chi connectivity index (χ2n) is 5.86. The molecule has 4 nitrogen and oxygen atoms in total. The van der Waals surface area contributed by atoms with E-state index in [1.165, 1.54) is 17.7 Å². The molecule has 5 heteroatoms. The van der Waals surface area contributed by atoms with Crippen molar-refractivity contribution < 1.29 is 9.50 Å². The standard InChI is InChI=1S/C17H24FN3O/c1-11(9-17(22)14-5-7-15(18)8-6-14)19-10-16-12(2)20-21(4)13(16)3/h5-8,11,17,19,22H,9-10H2,1-4H3/t11-,17-/m0/s1. The summed E-state index contributed by atoms with van der Waals surface area (Å²) >= 11 is 0. The van der Waals surface area contributed by atoms with Crippen LogP contribution in [0.2, 0.25) is 0 Å². The van der Waals surface area contributed by atoms with Crippen LogP contribution >= 0.6 is 0 Å². The van der Waals surface area contributed by atoms with Crippen LogP contribution in [0.25, 0.3) is 0 Å². The molecule has 2 atom stereocenters. The fourth-order valence-electron chi connectivity index (χ4n) is 2.59. The first-order chi connectivity index (χ1) is 10.4. The Bertz CT molecular complexity index is 622. The third-order valence-corrected chi connectivity index (χ3v) is 4.12. The van der Waals surface area contributed by atoms with Crippen LogP contribution in [0.1, 0.15) is 42.0 Å². The number of aromatic nitrogens is 2. The molecule has 2 N–H and O–H groups in total. The zero-order valence-electron chi connectivity index (χ0n) is 13.6. The lowest BCUT2D eigenvalue weighted by Crippen LogP contribution is -2.27. The molecule has 1 heterocycles. The van der Waals surface area contributed by atoms with Gasteiger partial charge in [0.15, 0.2) is 0 Å². The van der Waals surface area contributed by atoms with Crippen LogP contribution in [0.5, 0.6) is 0 Å². The smallest absolute Gasteiger partial charge is 0.123 e. The summed E-state index contributed by atoms with van der Waals surface area (Å²) in [6.45, 7) is 6.81. The van der Waals surface area contributed by atoms with Crippen LogP contribution in [0.4, 0.5) is 4.39 Å². The Morgan fingerprint density at radius 2 is 1.91 bits per heavy atom. The minimum absolute atomic E-state index is 0.138. The first-order valence-corrected chi connectivity index (χ1v) is 7.54. The summed E-state index contributed by atoms with van der Waals surface area (Å²) in [5, 5.41) is 18.0. The van der Waals surface area contributed by atoms with Crippen molar-refractivity contribution in [2.24, 2.45) is 7.05 Å². The molecule has 0 fully saturated rings. The lowest BCUT2D eigenvalue weighted by molar-refractivity contribution is 0.153. The highest BCUT2D eigenvalue weighted by Gasteiger charge is 2.14. The maximum absolute atomic E-state index is 12.9. The van der Waals surface area contributed by atoms with Crippen molar-refractivity contribution in [2.45, 2.75) is 45.9 Å². The van der Waals surface area contributed by atoms with Gasteiger partial charge in [-0.3, -0.25) is 4.68 Å². The quantitative estimate of drug-likeness (QED) is 0.863. The van der Waals surface area contributed by atoms with Crippen LogP contribution < -0.4 is 5.32 Å². The van der Waals surface area contributed by atoms with Gasteiger partial charge in [-0.05, 0) is 44.9 Å². The molecular weight excluding hydrogens is 281 g/mol. The fraction of sp³-hybridized carbons (Fsp3) is 0.471. The molecule has 0 amide bonds. The number of halogens is 1. The number of aryl methyl sites for hydroxylation is 2. The number of aliphatic hydroxyl groups is 1. The van der Waals surface area contributed by atoms with Gasteiger partial charge in [0, 0.05) is 30.9 Å². The Hall–Kier alpha value is -1.72. The van der Waals surface area contributed by atoms with E-state index in [4.69, 9.17) is 0 Å². The summed E-state index contributed by atoms with van der Waals surface area (Å²) in [4.78, 5) is 0. The highest BCUT2D eigenvalue weighted by molar-refractivity contribution is 5.24. The average molecular weight is 305 g/mol. The molecule has 0 bridgehead atoms. The normalized spacial score (nSPS) is 14.1. The van der Waals surface area contributed by atoms with Gasteiger partial charge in [-0.2, -0.15) is 5.10 Å². The number of hydrogen-bond donors (Lipinski definition) is 2. The third kappa shape index (κ3) is 3.93. The van der Waals surface area contributed by atoms with E-state index in [9.17, 15) is 9.50 Å². The van der Waals surface area contributed by atoms with Crippen molar-refractivity contribution in [3.63, 3.8) is 0 Å². The topological polar surface area (TPSA) is 50.1 Å². The van der Waals surface area contributed by atoms with Crippen molar-refractivity contribution in [3.05, 3.63) is 52.6 Å². The second-order valence-corrected chi connectivity index (χ2v) is 5.86. The molecule has 1 aromatic heterocycles. The molecule has 0 saturated carbocycles. The molecule has 0 aliphatic heterocycles. The second kappa shape index (κ2) is 7.03. The predicted molar refractivity (Wildman–Crippen MR) is 85.0 cm³/mol. The first-order valence-electron chi connectivity index (χ1n) is 7.54. The maximum atomic E-state index is 12.9. The van der Waals surface area contributed by atoms with Crippen molar-refractivity contribution in [1.29, 1.82) is 0 Å². The van der Waals surface area contributed by atoms with Gasteiger partial charge in [0.05, 0.1) is 11.8 Å². The van der Waals surface area contributed by atoms with Crippen LogP contribution in [0.3, 0.4) is 0 Å². The number of nitrogens with one attached hydrogen (secondary N) is 1. The lowest BCUT2D eigenvalue weighted by Gasteiger charge is -2.18. The number of rotatable bonds is 6. The van der Waals surface area contributed by atoms with E-state index in [1.807, 2.05) is 25.6 Å². The van der Waals surface area contributed by atoms with E-state index in [-0.39, 0.29) is 11.9 Å². The zero-order valence-corrected chi connectivity index (χ0v) is 13.6. The van der Waals surface area contributed by atoms with Gasteiger partial charge >= 0.3 is 0 Å². The minimum atomic E-state index is -0.598. The molecule has 0 aliphatic carbocycles. The highest BCUT2D eigenvalue weighted by atomic mass is 19.1. The molecule has 22 heavy (non-hydrogen) atoms. The van der Waals surface area contributed by atoms with Gasteiger partial charge in [0.1, 0.15) is 5.82 Å². The zero-order chi connectivity index (χ0) is 16.3. The van der Waals surface area contributed by atoms with Crippen LogP contribution in [-0.2, 0) is 13.6 Å². The SMILES string of the molecule is Cc1nn(C)c(C)c1CN[C@@H](C)C[C@H](O)c1ccc(F)cc1. The van der Waals surface area contributed by atoms with Crippen molar-refractivity contribution in [3.8, 4) is 0 Å². The monoisotopic (exact) mass is 305 g/mol. The van der Waals surface area contributed by atoms with Crippen LogP contribution in [0, 0.1) is 19.7 Å². The number of hydrogen-bond acceptors (Lipinski definition) is 3. The molecule has 0 spiro atoms. The Labute approximate surface area is 131 Å². The van der Waals surface area contributed by atoms with Gasteiger partial charge in [-0.25, -0.2) is 4.39 Å². The molecule has 2 rings (SSSR count). The van der Waals surface area contributed by atoms with Gasteiger partial charge < -0.3 is 10.4 Å². The Balaban J connectivity index is 1.90. The minimum Gasteiger partial charge on any atom is -0.388 e. The summed E-state index contributed by atoms with van der Waals surface area (Å²) in [7, 11) is 1.94. The fourth-order valence-corrected chi connectivity index (χ4v) is 2.59. The van der Waals surface area contributed by atoms with Crippen molar-refractivity contribution in [1.82, 2.24) is 15.1 Å². The van der Waals surface area contributed by atoms with Gasteiger partial charge in [-0.15, -0.1) is 0 Å². The average Bonchev–Trinajstić information content (AvgIpc) is 2.70. The summed E-state index contributed by atoms with van der Waals surface area (Å²) in [5.41, 5.74) is 4.12. The van der Waals surface area contributed by atoms with E-state index in [1.54, 1.807) is 12.1 Å². The molecular formula is C17H24FN3O. The molecule has 120 valence electrons. The van der Waals surface area contributed by atoms with E-state index in [2.05, 4.69) is 17.3 Å².